The van der Waals surface area contributed by atoms with Crippen molar-refractivity contribution >= 4 is 12.4 Å². The summed E-state index contributed by atoms with van der Waals surface area (Å²) in [5.74, 6) is 0.866. The van der Waals surface area contributed by atoms with Crippen molar-refractivity contribution in [1.82, 2.24) is 0 Å². The molecule has 1 aliphatic carbocycles. The first-order chi connectivity index (χ1) is 6.31. The van der Waals surface area contributed by atoms with Gasteiger partial charge in [0.1, 0.15) is 12.0 Å². The smallest absolute Gasteiger partial charge is 0.149 e. The maximum atomic E-state index is 10.5. The van der Waals surface area contributed by atoms with Crippen molar-refractivity contribution in [2.45, 2.75) is 13.3 Å². The fourth-order valence-electron chi connectivity index (χ4n) is 1.44. The Morgan fingerprint density at radius 3 is 3.08 bits per heavy atom. The summed E-state index contributed by atoms with van der Waals surface area (Å²) in [5, 5.41) is 0. The summed E-state index contributed by atoms with van der Waals surface area (Å²) < 4.78 is 5.32. The van der Waals surface area contributed by atoms with E-state index in [0.717, 1.165) is 24.0 Å². The molecule has 0 spiro atoms. The Morgan fingerprint density at radius 2 is 2.31 bits per heavy atom. The zero-order chi connectivity index (χ0) is 9.26. The van der Waals surface area contributed by atoms with Crippen LogP contribution in [-0.4, -0.2) is 6.29 Å². The standard InChI is InChI=1S/C11H10O2/c1-8-7-13-11-5-3-9(6-12)2-4-10(8)11/h2-3,5-7H,4H2,1H3. The molecule has 0 atom stereocenters. The third kappa shape index (κ3) is 1.35. The topological polar surface area (TPSA) is 30.2 Å². The van der Waals surface area contributed by atoms with Crippen molar-refractivity contribution in [3.63, 3.8) is 0 Å². The maximum Gasteiger partial charge on any atom is 0.149 e. The molecular formula is C11H10O2. The van der Waals surface area contributed by atoms with Crippen LogP contribution in [0, 0.1) is 6.92 Å². The van der Waals surface area contributed by atoms with Gasteiger partial charge in [-0.2, -0.15) is 0 Å². The molecule has 0 saturated carbocycles. The zero-order valence-corrected chi connectivity index (χ0v) is 7.41. The molecule has 2 heteroatoms. The van der Waals surface area contributed by atoms with Crippen LogP contribution in [0.4, 0.5) is 0 Å². The lowest BCUT2D eigenvalue weighted by Gasteiger charge is -1.92. The van der Waals surface area contributed by atoms with Crippen LogP contribution in [0.3, 0.4) is 0 Å². The van der Waals surface area contributed by atoms with E-state index in [2.05, 4.69) is 0 Å². The van der Waals surface area contributed by atoms with Crippen molar-refractivity contribution in [3.8, 4) is 0 Å². The van der Waals surface area contributed by atoms with Gasteiger partial charge in [-0.3, -0.25) is 4.79 Å². The highest BCUT2D eigenvalue weighted by molar-refractivity contribution is 5.80. The molecule has 0 bridgehead atoms. The minimum atomic E-state index is 0.714. The van der Waals surface area contributed by atoms with E-state index < -0.39 is 0 Å². The number of carbonyl (C=O) groups is 1. The first-order valence-electron chi connectivity index (χ1n) is 4.21. The van der Waals surface area contributed by atoms with Gasteiger partial charge >= 0.3 is 0 Å². The highest BCUT2D eigenvalue weighted by atomic mass is 16.3. The molecule has 1 aromatic heterocycles. The molecule has 0 aromatic carbocycles. The van der Waals surface area contributed by atoms with Crippen LogP contribution < -0.4 is 0 Å². The Bertz CT molecular complexity index is 394. The molecule has 0 N–H and O–H groups in total. The average Bonchev–Trinajstić information content (AvgIpc) is 2.38. The van der Waals surface area contributed by atoms with Gasteiger partial charge in [0.15, 0.2) is 0 Å². The monoisotopic (exact) mass is 174 g/mol. The summed E-state index contributed by atoms with van der Waals surface area (Å²) in [6.45, 7) is 2.01. The van der Waals surface area contributed by atoms with E-state index in [1.165, 1.54) is 5.56 Å². The molecular weight excluding hydrogens is 164 g/mol. The molecule has 13 heavy (non-hydrogen) atoms. The number of carbonyl (C=O) groups excluding carboxylic acids is 1. The first kappa shape index (κ1) is 8.05. The van der Waals surface area contributed by atoms with Crippen molar-refractivity contribution in [2.24, 2.45) is 0 Å². The summed E-state index contributed by atoms with van der Waals surface area (Å²) >= 11 is 0. The number of aryl methyl sites for hydroxylation is 1. The number of hydrogen-bond acceptors (Lipinski definition) is 2. The number of hydrogen-bond donors (Lipinski definition) is 0. The molecule has 2 rings (SSSR count). The molecule has 1 aromatic rings. The Labute approximate surface area is 76.6 Å². The number of furan rings is 1. The van der Waals surface area contributed by atoms with Gasteiger partial charge in [0.25, 0.3) is 0 Å². The minimum Gasteiger partial charge on any atom is -0.464 e. The number of aldehydes is 1. The lowest BCUT2D eigenvalue weighted by molar-refractivity contribution is -0.104. The van der Waals surface area contributed by atoms with E-state index >= 15 is 0 Å². The fraction of sp³-hybridized carbons (Fsp3) is 0.182. The molecule has 0 aliphatic heterocycles. The predicted molar refractivity (Wildman–Crippen MR) is 50.3 cm³/mol. The van der Waals surface area contributed by atoms with Crippen LogP contribution in [0.15, 0.2) is 28.4 Å². The second-order valence-electron chi connectivity index (χ2n) is 3.12. The third-order valence-corrected chi connectivity index (χ3v) is 2.24. The third-order valence-electron chi connectivity index (χ3n) is 2.24. The van der Waals surface area contributed by atoms with Gasteiger partial charge in [-0.1, -0.05) is 6.08 Å². The molecule has 0 unspecified atom stereocenters. The summed E-state index contributed by atoms with van der Waals surface area (Å²) in [5.41, 5.74) is 3.03. The van der Waals surface area contributed by atoms with Gasteiger partial charge in [0.05, 0.1) is 6.26 Å². The Hall–Kier alpha value is -1.57. The molecule has 0 fully saturated rings. The Morgan fingerprint density at radius 1 is 1.46 bits per heavy atom. The van der Waals surface area contributed by atoms with Gasteiger partial charge in [0.2, 0.25) is 0 Å². The fourth-order valence-corrected chi connectivity index (χ4v) is 1.44. The lowest BCUT2D eigenvalue weighted by atomic mass is 10.1. The molecule has 2 nitrogen and oxygen atoms in total. The van der Waals surface area contributed by atoms with E-state index in [4.69, 9.17) is 4.42 Å². The lowest BCUT2D eigenvalue weighted by Crippen LogP contribution is -1.84. The van der Waals surface area contributed by atoms with Crippen molar-refractivity contribution < 1.29 is 9.21 Å². The molecule has 0 radical (unpaired) electrons. The van der Waals surface area contributed by atoms with Crippen LogP contribution in [0.2, 0.25) is 0 Å². The predicted octanol–water partition coefficient (Wildman–Crippen LogP) is 2.28. The van der Waals surface area contributed by atoms with Crippen LogP contribution in [0.5, 0.6) is 0 Å². The van der Waals surface area contributed by atoms with Crippen LogP contribution >= 0.6 is 0 Å². The normalized spacial score (nSPS) is 14.7. The highest BCUT2D eigenvalue weighted by Crippen LogP contribution is 2.22. The van der Waals surface area contributed by atoms with Crippen molar-refractivity contribution in [3.05, 3.63) is 40.9 Å². The van der Waals surface area contributed by atoms with Gasteiger partial charge in [-0.05, 0) is 31.1 Å². The second-order valence-corrected chi connectivity index (χ2v) is 3.12. The number of fused-ring (bicyclic) bond motifs is 1. The van der Waals surface area contributed by atoms with Crippen LogP contribution in [0.1, 0.15) is 16.9 Å². The van der Waals surface area contributed by atoms with E-state index in [1.54, 1.807) is 12.3 Å². The van der Waals surface area contributed by atoms with Crippen molar-refractivity contribution in [1.29, 1.82) is 0 Å². The van der Waals surface area contributed by atoms with Crippen molar-refractivity contribution in [2.75, 3.05) is 0 Å². The zero-order valence-electron chi connectivity index (χ0n) is 7.41. The Kier molecular flexibility index (Phi) is 1.89. The van der Waals surface area contributed by atoms with Gasteiger partial charge < -0.3 is 4.42 Å². The second kappa shape index (κ2) is 3.05. The molecule has 66 valence electrons. The first-order valence-corrected chi connectivity index (χ1v) is 4.21. The summed E-state index contributed by atoms with van der Waals surface area (Å²) in [6.07, 6.45) is 8.92. The number of rotatable bonds is 1. The highest BCUT2D eigenvalue weighted by Gasteiger charge is 2.09. The van der Waals surface area contributed by atoms with Gasteiger partial charge in [0, 0.05) is 11.1 Å². The van der Waals surface area contributed by atoms with Crippen LogP contribution in [0.25, 0.3) is 6.08 Å². The quantitative estimate of drug-likeness (QED) is 0.611. The molecule has 0 amide bonds. The minimum absolute atomic E-state index is 0.714. The molecule has 1 heterocycles. The largest absolute Gasteiger partial charge is 0.464 e. The molecule has 1 aliphatic rings. The van der Waals surface area contributed by atoms with Gasteiger partial charge in [-0.25, -0.2) is 0 Å². The summed E-state index contributed by atoms with van der Waals surface area (Å²) in [7, 11) is 0. The van der Waals surface area contributed by atoms with E-state index in [-0.39, 0.29) is 0 Å². The van der Waals surface area contributed by atoms with Gasteiger partial charge in [-0.15, -0.1) is 0 Å². The maximum absolute atomic E-state index is 10.5. The SMILES string of the molecule is Cc1coc2c1CC=C(C=O)C=C2. The average molecular weight is 174 g/mol. The Balaban J connectivity index is 2.45. The van der Waals surface area contributed by atoms with E-state index in [0.29, 0.717) is 5.57 Å². The van der Waals surface area contributed by atoms with Crippen LogP contribution in [-0.2, 0) is 11.2 Å². The molecule has 0 saturated heterocycles. The van der Waals surface area contributed by atoms with E-state index in [9.17, 15) is 4.79 Å². The van der Waals surface area contributed by atoms with E-state index in [1.807, 2.05) is 19.1 Å². The summed E-state index contributed by atoms with van der Waals surface area (Å²) in [4.78, 5) is 10.5. The summed E-state index contributed by atoms with van der Waals surface area (Å²) in [6, 6.07) is 0. The number of allylic oxidation sites excluding steroid dienone is 3.